The van der Waals surface area contributed by atoms with E-state index in [-0.39, 0.29) is 29.2 Å². The Hall–Kier alpha value is -2.11. The SMILES string of the molecule is C[C@@H]1CN(C(=O)OC(C)(C)C)[C@@H](c2ccc(F)cc2)CN1C(=O)C1(C)CC1. The summed E-state index contributed by atoms with van der Waals surface area (Å²) in [6.07, 6.45) is 1.41. The molecule has 1 aromatic rings. The zero-order valence-corrected chi connectivity index (χ0v) is 16.8. The third kappa shape index (κ3) is 4.25. The first-order valence-electron chi connectivity index (χ1n) is 9.56. The maximum atomic E-state index is 13.4. The van der Waals surface area contributed by atoms with Gasteiger partial charge in [0.25, 0.3) is 0 Å². The maximum Gasteiger partial charge on any atom is 0.410 e. The summed E-state index contributed by atoms with van der Waals surface area (Å²) in [6.45, 7) is 10.2. The van der Waals surface area contributed by atoms with Crippen LogP contribution >= 0.6 is 0 Å². The highest BCUT2D eigenvalue weighted by atomic mass is 19.1. The van der Waals surface area contributed by atoms with Crippen LogP contribution in [0.1, 0.15) is 59.1 Å². The maximum absolute atomic E-state index is 13.4. The summed E-state index contributed by atoms with van der Waals surface area (Å²) in [4.78, 5) is 29.3. The molecule has 0 spiro atoms. The molecule has 0 radical (unpaired) electrons. The standard InChI is InChI=1S/C21H29FN2O3/c1-14-12-24(19(26)27-20(2,3)4)17(15-6-8-16(22)9-7-15)13-23(14)18(25)21(5)10-11-21/h6-9,14,17H,10-13H2,1-5H3/t14-,17-/m1/s1. The molecule has 148 valence electrons. The van der Waals surface area contributed by atoms with Gasteiger partial charge in [-0.1, -0.05) is 19.1 Å². The molecule has 5 nitrogen and oxygen atoms in total. The van der Waals surface area contributed by atoms with Gasteiger partial charge in [0.15, 0.2) is 0 Å². The van der Waals surface area contributed by atoms with Crippen molar-refractivity contribution in [3.63, 3.8) is 0 Å². The van der Waals surface area contributed by atoms with Crippen molar-refractivity contribution in [2.24, 2.45) is 5.41 Å². The van der Waals surface area contributed by atoms with Crippen molar-refractivity contribution in [3.8, 4) is 0 Å². The molecule has 0 N–H and O–H groups in total. The van der Waals surface area contributed by atoms with Crippen molar-refractivity contribution in [2.75, 3.05) is 13.1 Å². The lowest BCUT2D eigenvalue weighted by atomic mass is 9.97. The highest BCUT2D eigenvalue weighted by molar-refractivity contribution is 5.85. The Bertz CT molecular complexity index is 722. The molecule has 2 atom stereocenters. The lowest BCUT2D eigenvalue weighted by Gasteiger charge is -2.46. The third-order valence-electron chi connectivity index (χ3n) is 5.40. The normalized spacial score (nSPS) is 24.5. The predicted octanol–water partition coefficient (Wildman–Crippen LogP) is 4.13. The van der Waals surface area contributed by atoms with Gasteiger partial charge in [-0.05, 0) is 58.2 Å². The highest BCUT2D eigenvalue weighted by Crippen LogP contribution is 2.47. The van der Waals surface area contributed by atoms with Crippen molar-refractivity contribution in [1.29, 1.82) is 0 Å². The monoisotopic (exact) mass is 376 g/mol. The summed E-state index contributed by atoms with van der Waals surface area (Å²) in [7, 11) is 0. The molecule has 2 aliphatic rings. The van der Waals surface area contributed by atoms with E-state index in [2.05, 4.69) is 0 Å². The van der Waals surface area contributed by atoms with Crippen LogP contribution in [0.5, 0.6) is 0 Å². The summed E-state index contributed by atoms with van der Waals surface area (Å²) < 4.78 is 19.0. The van der Waals surface area contributed by atoms with Crippen molar-refractivity contribution < 1.29 is 18.7 Å². The number of piperazine rings is 1. The number of carbonyl (C=O) groups excluding carboxylic acids is 2. The molecule has 1 heterocycles. The quantitative estimate of drug-likeness (QED) is 0.780. The molecule has 0 unspecified atom stereocenters. The van der Waals surface area contributed by atoms with E-state index in [0.717, 1.165) is 18.4 Å². The number of ether oxygens (including phenoxy) is 1. The van der Waals surface area contributed by atoms with Crippen LogP contribution in [0, 0.1) is 11.2 Å². The number of hydrogen-bond acceptors (Lipinski definition) is 3. The number of nitrogens with zero attached hydrogens (tertiary/aromatic N) is 2. The largest absolute Gasteiger partial charge is 0.444 e. The molecule has 1 saturated heterocycles. The molecule has 0 aromatic heterocycles. The molecule has 3 rings (SSSR count). The topological polar surface area (TPSA) is 49.9 Å². The van der Waals surface area contributed by atoms with Crippen LogP contribution in [-0.4, -0.2) is 46.5 Å². The van der Waals surface area contributed by atoms with Crippen molar-refractivity contribution in [3.05, 3.63) is 35.6 Å². The van der Waals surface area contributed by atoms with Crippen molar-refractivity contribution in [2.45, 2.75) is 65.1 Å². The summed E-state index contributed by atoms with van der Waals surface area (Å²) in [6, 6.07) is 5.66. The van der Waals surface area contributed by atoms with E-state index in [1.807, 2.05) is 39.5 Å². The first kappa shape index (κ1) is 19.6. The van der Waals surface area contributed by atoms with Gasteiger partial charge in [0.05, 0.1) is 6.04 Å². The second-order valence-electron chi connectivity index (χ2n) is 9.07. The van der Waals surface area contributed by atoms with E-state index < -0.39 is 11.7 Å². The molecular formula is C21H29FN2O3. The van der Waals surface area contributed by atoms with Gasteiger partial charge in [-0.25, -0.2) is 9.18 Å². The van der Waals surface area contributed by atoms with Crippen LogP contribution in [0.4, 0.5) is 9.18 Å². The average molecular weight is 376 g/mol. The first-order valence-corrected chi connectivity index (χ1v) is 9.56. The van der Waals surface area contributed by atoms with E-state index in [0.29, 0.717) is 13.1 Å². The van der Waals surface area contributed by atoms with Gasteiger partial charge in [0.1, 0.15) is 11.4 Å². The van der Waals surface area contributed by atoms with Gasteiger partial charge in [0.2, 0.25) is 5.91 Å². The molecule has 2 amide bonds. The van der Waals surface area contributed by atoms with Crippen LogP contribution in [0.25, 0.3) is 0 Å². The third-order valence-corrected chi connectivity index (χ3v) is 5.40. The van der Waals surface area contributed by atoms with Gasteiger partial charge in [-0.15, -0.1) is 0 Å². The molecule has 1 aromatic carbocycles. The van der Waals surface area contributed by atoms with E-state index >= 15 is 0 Å². The number of amides is 2. The fraction of sp³-hybridized carbons (Fsp3) is 0.619. The van der Waals surface area contributed by atoms with Crippen LogP contribution in [0.2, 0.25) is 0 Å². The smallest absolute Gasteiger partial charge is 0.410 e. The molecular weight excluding hydrogens is 347 g/mol. The fourth-order valence-electron chi connectivity index (χ4n) is 3.50. The van der Waals surface area contributed by atoms with E-state index in [9.17, 15) is 14.0 Å². The molecule has 1 aliphatic carbocycles. The number of benzene rings is 1. The number of carbonyl (C=O) groups is 2. The van der Waals surface area contributed by atoms with Gasteiger partial charge in [0, 0.05) is 24.5 Å². The number of hydrogen-bond donors (Lipinski definition) is 0. The first-order chi connectivity index (χ1) is 12.5. The number of rotatable bonds is 2. The molecule has 2 fully saturated rings. The lowest BCUT2D eigenvalue weighted by molar-refractivity contribution is -0.142. The van der Waals surface area contributed by atoms with Crippen LogP contribution in [0.3, 0.4) is 0 Å². The molecule has 0 bridgehead atoms. The average Bonchev–Trinajstić information content (AvgIpc) is 3.32. The van der Waals surface area contributed by atoms with E-state index in [4.69, 9.17) is 4.74 Å². The molecule has 1 aliphatic heterocycles. The van der Waals surface area contributed by atoms with Crippen molar-refractivity contribution in [1.82, 2.24) is 9.80 Å². The zero-order chi connectivity index (χ0) is 20.0. The van der Waals surface area contributed by atoms with E-state index in [1.165, 1.54) is 12.1 Å². The van der Waals surface area contributed by atoms with Gasteiger partial charge in [-0.3, -0.25) is 9.69 Å². The summed E-state index contributed by atoms with van der Waals surface area (Å²) in [5.41, 5.74) is -0.0782. The Morgan fingerprint density at radius 1 is 1.11 bits per heavy atom. The Balaban J connectivity index is 1.89. The van der Waals surface area contributed by atoms with E-state index in [1.54, 1.807) is 17.0 Å². The zero-order valence-electron chi connectivity index (χ0n) is 16.8. The predicted molar refractivity (Wildman–Crippen MR) is 101 cm³/mol. The second-order valence-corrected chi connectivity index (χ2v) is 9.07. The fourth-order valence-corrected chi connectivity index (χ4v) is 3.50. The lowest BCUT2D eigenvalue weighted by Crippen LogP contribution is -2.58. The molecule has 27 heavy (non-hydrogen) atoms. The Labute approximate surface area is 160 Å². The van der Waals surface area contributed by atoms with Gasteiger partial charge in [-0.2, -0.15) is 0 Å². The summed E-state index contributed by atoms with van der Waals surface area (Å²) >= 11 is 0. The molecule has 6 heteroatoms. The minimum atomic E-state index is -0.609. The van der Waals surface area contributed by atoms with Crippen LogP contribution in [-0.2, 0) is 9.53 Å². The Kier molecular flexibility index (Phi) is 4.95. The van der Waals surface area contributed by atoms with Crippen molar-refractivity contribution >= 4 is 12.0 Å². The summed E-state index contributed by atoms with van der Waals surface area (Å²) in [5.74, 6) is -0.184. The minimum Gasteiger partial charge on any atom is -0.444 e. The number of halogens is 1. The Morgan fingerprint density at radius 2 is 1.70 bits per heavy atom. The summed E-state index contributed by atoms with van der Waals surface area (Å²) in [5, 5.41) is 0. The minimum absolute atomic E-state index is 0.0980. The van der Waals surface area contributed by atoms with Gasteiger partial charge >= 0.3 is 6.09 Å². The van der Waals surface area contributed by atoms with Gasteiger partial charge < -0.3 is 9.64 Å². The Morgan fingerprint density at radius 3 is 2.22 bits per heavy atom. The van der Waals surface area contributed by atoms with Crippen LogP contribution < -0.4 is 0 Å². The highest BCUT2D eigenvalue weighted by Gasteiger charge is 2.50. The molecule has 1 saturated carbocycles. The van der Waals surface area contributed by atoms with Crippen LogP contribution in [0.15, 0.2) is 24.3 Å². The second kappa shape index (κ2) is 6.80.